The first-order chi connectivity index (χ1) is 5.20. The van der Waals surface area contributed by atoms with E-state index in [0.29, 0.717) is 9.88 Å². The van der Waals surface area contributed by atoms with Gasteiger partial charge in [-0.05, 0) is 0 Å². The van der Waals surface area contributed by atoms with Gasteiger partial charge in [0.15, 0.2) is 0 Å². The van der Waals surface area contributed by atoms with Crippen molar-refractivity contribution in [2.75, 3.05) is 11.5 Å². The molecule has 1 aromatic heterocycles. The molecule has 0 aromatic carbocycles. The fraction of sp³-hybridized carbons (Fsp3) is 0. The standard InChI is InChI=1S/C6H4N4S/c7-1-3-5(9)4(2-8)11-6(3)10/h9-10H2. The van der Waals surface area contributed by atoms with Crippen molar-refractivity contribution in [1.29, 1.82) is 10.5 Å². The smallest absolute Gasteiger partial charge is 0.131 e. The van der Waals surface area contributed by atoms with E-state index in [1.807, 2.05) is 12.1 Å². The molecule has 4 N–H and O–H groups in total. The highest BCUT2D eigenvalue weighted by molar-refractivity contribution is 7.17. The van der Waals surface area contributed by atoms with Crippen molar-refractivity contribution in [3.05, 3.63) is 10.4 Å². The largest absolute Gasteiger partial charge is 0.396 e. The molecule has 0 bridgehead atoms. The van der Waals surface area contributed by atoms with E-state index < -0.39 is 0 Å². The Morgan fingerprint density at radius 1 is 1.18 bits per heavy atom. The molecule has 0 saturated heterocycles. The SMILES string of the molecule is N#Cc1sc(N)c(C#N)c1N. The minimum Gasteiger partial charge on any atom is -0.396 e. The van der Waals surface area contributed by atoms with Crippen molar-refractivity contribution in [1.82, 2.24) is 0 Å². The number of hydrogen-bond acceptors (Lipinski definition) is 5. The van der Waals surface area contributed by atoms with Crippen LogP contribution in [0.5, 0.6) is 0 Å². The maximum absolute atomic E-state index is 8.50. The van der Waals surface area contributed by atoms with Crippen molar-refractivity contribution in [2.24, 2.45) is 0 Å². The average Bonchev–Trinajstić information content (AvgIpc) is 2.26. The maximum Gasteiger partial charge on any atom is 0.131 e. The van der Waals surface area contributed by atoms with Gasteiger partial charge >= 0.3 is 0 Å². The summed E-state index contributed by atoms with van der Waals surface area (Å²) in [6, 6.07) is 3.68. The highest BCUT2D eigenvalue weighted by atomic mass is 32.1. The van der Waals surface area contributed by atoms with E-state index in [0.717, 1.165) is 11.3 Å². The topological polar surface area (TPSA) is 99.6 Å². The quantitative estimate of drug-likeness (QED) is 0.588. The molecule has 0 atom stereocenters. The minimum atomic E-state index is 0.192. The zero-order chi connectivity index (χ0) is 8.43. The van der Waals surface area contributed by atoms with Crippen LogP contribution in [0.3, 0.4) is 0 Å². The van der Waals surface area contributed by atoms with Gasteiger partial charge in [0, 0.05) is 0 Å². The number of nitrogens with zero attached hydrogens (tertiary/aromatic N) is 2. The van der Waals surface area contributed by atoms with Crippen molar-refractivity contribution >= 4 is 22.0 Å². The molecule has 0 amide bonds. The predicted molar refractivity (Wildman–Crippen MR) is 42.6 cm³/mol. The molecular weight excluding hydrogens is 160 g/mol. The van der Waals surface area contributed by atoms with Gasteiger partial charge in [0.2, 0.25) is 0 Å². The molecule has 0 aliphatic rings. The first kappa shape index (κ1) is 7.39. The Morgan fingerprint density at radius 2 is 1.82 bits per heavy atom. The first-order valence-electron chi connectivity index (χ1n) is 2.68. The summed E-state index contributed by atoms with van der Waals surface area (Å²) in [6.07, 6.45) is 0. The highest BCUT2D eigenvalue weighted by Gasteiger charge is 2.12. The second-order valence-corrected chi connectivity index (χ2v) is 2.86. The van der Waals surface area contributed by atoms with Crippen LogP contribution in [0, 0.1) is 22.7 Å². The van der Waals surface area contributed by atoms with Crippen LogP contribution < -0.4 is 11.5 Å². The molecule has 1 rings (SSSR count). The van der Waals surface area contributed by atoms with Crippen molar-refractivity contribution in [3.63, 3.8) is 0 Å². The van der Waals surface area contributed by atoms with Crippen molar-refractivity contribution in [3.8, 4) is 12.1 Å². The zero-order valence-electron chi connectivity index (χ0n) is 5.46. The summed E-state index contributed by atoms with van der Waals surface area (Å²) in [5.74, 6) is 0. The molecule has 0 unspecified atom stereocenters. The number of thiophene rings is 1. The Hall–Kier alpha value is -1.72. The van der Waals surface area contributed by atoms with Crippen LogP contribution >= 0.6 is 11.3 Å². The minimum absolute atomic E-state index is 0.192. The highest BCUT2D eigenvalue weighted by Crippen LogP contribution is 2.31. The molecule has 5 heteroatoms. The summed E-state index contributed by atoms with van der Waals surface area (Å²) in [4.78, 5) is 0.305. The van der Waals surface area contributed by atoms with Gasteiger partial charge in [-0.3, -0.25) is 0 Å². The number of hydrogen-bond donors (Lipinski definition) is 2. The molecule has 0 radical (unpaired) electrons. The van der Waals surface area contributed by atoms with E-state index >= 15 is 0 Å². The molecular formula is C6H4N4S. The monoisotopic (exact) mass is 164 g/mol. The van der Waals surface area contributed by atoms with Crippen LogP contribution in [0.25, 0.3) is 0 Å². The fourth-order valence-electron chi connectivity index (χ4n) is 0.661. The average molecular weight is 164 g/mol. The Bertz CT molecular complexity index is 365. The summed E-state index contributed by atoms with van der Waals surface area (Å²) in [6.45, 7) is 0. The van der Waals surface area contributed by atoms with Crippen LogP contribution in [-0.4, -0.2) is 0 Å². The van der Waals surface area contributed by atoms with Gasteiger partial charge in [0.25, 0.3) is 0 Å². The molecule has 4 nitrogen and oxygen atoms in total. The molecule has 0 saturated carbocycles. The van der Waals surface area contributed by atoms with Crippen LogP contribution in [0.15, 0.2) is 0 Å². The van der Waals surface area contributed by atoms with Gasteiger partial charge in [-0.1, -0.05) is 0 Å². The Kier molecular flexibility index (Phi) is 1.67. The second kappa shape index (κ2) is 2.49. The normalized spacial score (nSPS) is 8.55. The number of anilines is 2. The number of nitrogen functional groups attached to an aromatic ring is 2. The lowest BCUT2D eigenvalue weighted by molar-refractivity contribution is 1.50. The third kappa shape index (κ3) is 0.977. The summed E-state index contributed by atoms with van der Waals surface area (Å²) < 4.78 is 0. The van der Waals surface area contributed by atoms with Gasteiger partial charge in [0.05, 0.1) is 5.69 Å². The van der Waals surface area contributed by atoms with E-state index in [2.05, 4.69) is 0 Å². The molecule has 54 valence electrons. The second-order valence-electron chi connectivity index (χ2n) is 1.81. The predicted octanol–water partition coefficient (Wildman–Crippen LogP) is 0.656. The summed E-state index contributed by atoms with van der Waals surface area (Å²) in [5, 5.41) is 17.3. The first-order valence-corrected chi connectivity index (χ1v) is 3.50. The molecule has 0 aliphatic carbocycles. The molecule has 0 fully saturated rings. The lowest BCUT2D eigenvalue weighted by Crippen LogP contribution is -1.89. The molecule has 11 heavy (non-hydrogen) atoms. The number of nitrogens with two attached hydrogens (primary N) is 2. The van der Waals surface area contributed by atoms with E-state index in [1.165, 1.54) is 0 Å². The van der Waals surface area contributed by atoms with E-state index in [4.69, 9.17) is 22.0 Å². The molecule has 0 spiro atoms. The lowest BCUT2D eigenvalue weighted by Gasteiger charge is -1.85. The Labute approximate surface area is 67.3 Å². The zero-order valence-corrected chi connectivity index (χ0v) is 6.27. The Balaban J connectivity index is 3.43. The van der Waals surface area contributed by atoms with Gasteiger partial charge < -0.3 is 11.5 Å². The van der Waals surface area contributed by atoms with Gasteiger partial charge in [0.1, 0.15) is 27.6 Å². The van der Waals surface area contributed by atoms with Crippen molar-refractivity contribution < 1.29 is 0 Å². The summed E-state index contributed by atoms with van der Waals surface area (Å²) in [5.41, 5.74) is 11.2. The molecule has 1 aromatic rings. The Morgan fingerprint density at radius 3 is 2.09 bits per heavy atom. The van der Waals surface area contributed by atoms with Crippen molar-refractivity contribution in [2.45, 2.75) is 0 Å². The third-order valence-corrected chi connectivity index (χ3v) is 2.13. The van der Waals surface area contributed by atoms with Crippen LogP contribution in [-0.2, 0) is 0 Å². The summed E-state index contributed by atoms with van der Waals surface area (Å²) >= 11 is 1.03. The number of nitriles is 2. The van der Waals surface area contributed by atoms with Crippen LogP contribution in [0.2, 0.25) is 0 Å². The molecule has 1 heterocycles. The fourth-order valence-corrected chi connectivity index (χ4v) is 1.40. The maximum atomic E-state index is 8.50. The van der Waals surface area contributed by atoms with Gasteiger partial charge in [-0.2, -0.15) is 10.5 Å². The summed E-state index contributed by atoms with van der Waals surface area (Å²) in [7, 11) is 0. The molecule has 0 aliphatic heterocycles. The van der Waals surface area contributed by atoms with Gasteiger partial charge in [-0.15, -0.1) is 11.3 Å². The van der Waals surface area contributed by atoms with E-state index in [9.17, 15) is 0 Å². The lowest BCUT2D eigenvalue weighted by atomic mass is 10.2. The van der Waals surface area contributed by atoms with Gasteiger partial charge in [-0.25, -0.2) is 0 Å². The van der Waals surface area contributed by atoms with Crippen LogP contribution in [0.4, 0.5) is 10.7 Å². The number of rotatable bonds is 0. The van der Waals surface area contributed by atoms with Crippen LogP contribution in [0.1, 0.15) is 10.4 Å². The third-order valence-electron chi connectivity index (χ3n) is 1.19. The van der Waals surface area contributed by atoms with E-state index in [-0.39, 0.29) is 11.3 Å². The van der Waals surface area contributed by atoms with E-state index in [1.54, 1.807) is 0 Å².